The number of halogens is 2. The van der Waals surface area contributed by atoms with E-state index in [1.165, 1.54) is 0 Å². The number of hydrogen-bond donors (Lipinski definition) is 2. The maximum absolute atomic E-state index is 9.30. The molecular formula is C11H15BrClNO. The summed E-state index contributed by atoms with van der Waals surface area (Å²) in [5, 5.41) is 9.30. The summed E-state index contributed by atoms with van der Waals surface area (Å²) in [6.45, 7) is 3.65. The topological polar surface area (TPSA) is 46.2 Å². The molecule has 0 bridgehead atoms. The van der Waals surface area contributed by atoms with E-state index in [9.17, 15) is 5.11 Å². The molecule has 0 aliphatic carbocycles. The van der Waals surface area contributed by atoms with Gasteiger partial charge in [-0.15, -0.1) is 19.0 Å². The third-order valence-corrected chi connectivity index (χ3v) is 2.72. The van der Waals surface area contributed by atoms with E-state index in [1.54, 1.807) is 6.07 Å². The maximum Gasteiger partial charge on any atom is 0.129 e. The minimum atomic E-state index is 0. The van der Waals surface area contributed by atoms with E-state index in [0.717, 1.165) is 18.4 Å². The monoisotopic (exact) mass is 291 g/mol. The molecule has 3 N–H and O–H groups in total. The number of hydrogen-bond acceptors (Lipinski definition) is 2. The van der Waals surface area contributed by atoms with Crippen molar-refractivity contribution in [2.45, 2.75) is 18.9 Å². The van der Waals surface area contributed by atoms with Crippen LogP contribution in [0, 0.1) is 0 Å². The summed E-state index contributed by atoms with van der Waals surface area (Å²) >= 11 is 3.26. The Labute approximate surface area is 105 Å². The molecule has 0 aliphatic heterocycles. The van der Waals surface area contributed by atoms with E-state index in [2.05, 4.69) is 22.5 Å². The van der Waals surface area contributed by atoms with Gasteiger partial charge in [0.15, 0.2) is 0 Å². The molecule has 0 amide bonds. The second kappa shape index (κ2) is 6.88. The average Bonchev–Trinajstić information content (AvgIpc) is 2.18. The highest BCUT2D eigenvalue weighted by molar-refractivity contribution is 9.10. The molecule has 1 atom stereocenters. The van der Waals surface area contributed by atoms with E-state index in [-0.39, 0.29) is 24.2 Å². The van der Waals surface area contributed by atoms with E-state index in [0.29, 0.717) is 4.47 Å². The van der Waals surface area contributed by atoms with Crippen LogP contribution < -0.4 is 5.73 Å². The van der Waals surface area contributed by atoms with Crippen molar-refractivity contribution in [3.05, 3.63) is 40.9 Å². The summed E-state index contributed by atoms with van der Waals surface area (Å²) in [4.78, 5) is 0. The lowest BCUT2D eigenvalue weighted by Crippen LogP contribution is -2.09. The van der Waals surface area contributed by atoms with Crippen LogP contribution in [-0.2, 0) is 0 Å². The lowest BCUT2D eigenvalue weighted by molar-refractivity contribution is 0.471. The average molecular weight is 293 g/mol. The Bertz CT molecular complexity index is 330. The lowest BCUT2D eigenvalue weighted by Gasteiger charge is -2.11. The lowest BCUT2D eigenvalue weighted by atomic mass is 10.0. The number of phenols is 1. The van der Waals surface area contributed by atoms with Crippen LogP contribution >= 0.6 is 28.3 Å². The van der Waals surface area contributed by atoms with Crippen LogP contribution in [0.15, 0.2) is 35.3 Å². The molecular weight excluding hydrogens is 277 g/mol. The fourth-order valence-electron chi connectivity index (χ4n) is 1.22. The number of aromatic hydroxyl groups is 1. The summed E-state index contributed by atoms with van der Waals surface area (Å²) in [7, 11) is 0. The molecule has 1 aromatic carbocycles. The summed E-state index contributed by atoms with van der Waals surface area (Å²) in [5.41, 5.74) is 6.97. The van der Waals surface area contributed by atoms with Crippen molar-refractivity contribution in [2.75, 3.05) is 0 Å². The SMILES string of the molecule is C=CCC[C@@H](N)c1ccc(O)c(Br)c1.Cl. The smallest absolute Gasteiger partial charge is 0.129 e. The first-order valence-electron chi connectivity index (χ1n) is 4.50. The molecule has 4 heteroatoms. The van der Waals surface area contributed by atoms with E-state index in [1.807, 2.05) is 18.2 Å². The van der Waals surface area contributed by atoms with Gasteiger partial charge in [0, 0.05) is 6.04 Å². The van der Waals surface area contributed by atoms with Gasteiger partial charge in [-0.3, -0.25) is 0 Å². The predicted molar refractivity (Wildman–Crippen MR) is 69.4 cm³/mol. The molecule has 0 aromatic heterocycles. The van der Waals surface area contributed by atoms with Crippen LogP contribution in [0.5, 0.6) is 5.75 Å². The van der Waals surface area contributed by atoms with E-state index >= 15 is 0 Å². The second-order valence-electron chi connectivity index (χ2n) is 3.18. The van der Waals surface area contributed by atoms with Gasteiger partial charge in [-0.2, -0.15) is 0 Å². The molecule has 1 aromatic rings. The van der Waals surface area contributed by atoms with Gasteiger partial charge in [0.1, 0.15) is 5.75 Å². The second-order valence-corrected chi connectivity index (χ2v) is 4.04. The molecule has 1 rings (SSSR count). The quantitative estimate of drug-likeness (QED) is 0.834. The van der Waals surface area contributed by atoms with Crippen LogP contribution in [0.25, 0.3) is 0 Å². The van der Waals surface area contributed by atoms with E-state index < -0.39 is 0 Å². The van der Waals surface area contributed by atoms with Crippen LogP contribution in [0.2, 0.25) is 0 Å². The first-order valence-corrected chi connectivity index (χ1v) is 5.29. The molecule has 0 saturated heterocycles. The predicted octanol–water partition coefficient (Wildman–Crippen LogP) is 3.54. The van der Waals surface area contributed by atoms with Gasteiger partial charge in [-0.05, 0) is 46.5 Å². The number of phenolic OH excluding ortho intramolecular Hbond substituents is 1. The normalized spacial score (nSPS) is 11.6. The Balaban J connectivity index is 0.00000196. The highest BCUT2D eigenvalue weighted by Gasteiger charge is 2.06. The Hall–Kier alpha value is -0.510. The minimum Gasteiger partial charge on any atom is -0.507 e. The number of allylic oxidation sites excluding steroid dienone is 1. The molecule has 15 heavy (non-hydrogen) atoms. The molecule has 0 heterocycles. The molecule has 2 nitrogen and oxygen atoms in total. The molecule has 0 fully saturated rings. The molecule has 0 spiro atoms. The minimum absolute atomic E-state index is 0. The van der Waals surface area contributed by atoms with E-state index in [4.69, 9.17) is 5.73 Å². The van der Waals surface area contributed by atoms with Crippen molar-refractivity contribution in [3.8, 4) is 5.75 Å². The summed E-state index contributed by atoms with van der Waals surface area (Å²) in [6.07, 6.45) is 3.63. The van der Waals surface area contributed by atoms with Gasteiger partial charge in [-0.1, -0.05) is 12.1 Å². The Morgan fingerprint density at radius 3 is 2.73 bits per heavy atom. The van der Waals surface area contributed by atoms with Crippen molar-refractivity contribution in [1.29, 1.82) is 0 Å². The highest BCUT2D eigenvalue weighted by Crippen LogP contribution is 2.27. The third kappa shape index (κ3) is 4.24. The molecule has 84 valence electrons. The van der Waals surface area contributed by atoms with Crippen molar-refractivity contribution >= 4 is 28.3 Å². The summed E-state index contributed by atoms with van der Waals surface area (Å²) in [5.74, 6) is 0.240. The molecule has 0 unspecified atom stereocenters. The Morgan fingerprint density at radius 1 is 1.53 bits per heavy atom. The zero-order chi connectivity index (χ0) is 10.6. The zero-order valence-electron chi connectivity index (χ0n) is 8.32. The molecule has 0 radical (unpaired) electrons. The van der Waals surface area contributed by atoms with Crippen molar-refractivity contribution in [1.82, 2.24) is 0 Å². The van der Waals surface area contributed by atoms with Crippen LogP contribution in [0.1, 0.15) is 24.4 Å². The Morgan fingerprint density at radius 2 is 2.20 bits per heavy atom. The zero-order valence-corrected chi connectivity index (χ0v) is 10.7. The third-order valence-electron chi connectivity index (χ3n) is 2.08. The van der Waals surface area contributed by atoms with Crippen molar-refractivity contribution in [3.63, 3.8) is 0 Å². The van der Waals surface area contributed by atoms with Crippen molar-refractivity contribution < 1.29 is 5.11 Å². The standard InChI is InChI=1S/C11H14BrNO.ClH/c1-2-3-4-10(13)8-5-6-11(14)9(12)7-8;/h2,5-7,10,14H,1,3-4,13H2;1H/t10-;/m1./s1. The Kier molecular flexibility index (Phi) is 6.65. The van der Waals surface area contributed by atoms with Crippen LogP contribution in [0.4, 0.5) is 0 Å². The highest BCUT2D eigenvalue weighted by atomic mass is 79.9. The number of benzene rings is 1. The molecule has 0 aliphatic rings. The van der Waals surface area contributed by atoms with Gasteiger partial charge in [0.05, 0.1) is 4.47 Å². The number of nitrogens with two attached hydrogens (primary N) is 1. The molecule has 0 saturated carbocycles. The fourth-order valence-corrected chi connectivity index (χ4v) is 1.61. The van der Waals surface area contributed by atoms with Gasteiger partial charge >= 0.3 is 0 Å². The first kappa shape index (κ1) is 14.5. The maximum atomic E-state index is 9.30. The van der Waals surface area contributed by atoms with Gasteiger partial charge in [0.25, 0.3) is 0 Å². The van der Waals surface area contributed by atoms with Gasteiger partial charge < -0.3 is 10.8 Å². The fraction of sp³-hybridized carbons (Fsp3) is 0.273. The van der Waals surface area contributed by atoms with Gasteiger partial charge in [0.2, 0.25) is 0 Å². The number of rotatable bonds is 4. The summed E-state index contributed by atoms with van der Waals surface area (Å²) in [6, 6.07) is 5.34. The largest absolute Gasteiger partial charge is 0.507 e. The first-order chi connectivity index (χ1) is 6.65. The van der Waals surface area contributed by atoms with Crippen LogP contribution in [-0.4, -0.2) is 5.11 Å². The summed E-state index contributed by atoms with van der Waals surface area (Å²) < 4.78 is 0.684. The van der Waals surface area contributed by atoms with Crippen molar-refractivity contribution in [2.24, 2.45) is 5.73 Å². The van der Waals surface area contributed by atoms with Crippen LogP contribution in [0.3, 0.4) is 0 Å². The van der Waals surface area contributed by atoms with Gasteiger partial charge in [-0.25, -0.2) is 0 Å².